The van der Waals surface area contributed by atoms with E-state index in [2.05, 4.69) is 39.2 Å². The number of carbonyl (C=O) groups excluding carboxylic acids is 1. The molecule has 49 heavy (non-hydrogen) atoms. The maximum absolute atomic E-state index is 13.2. The SMILES string of the molecule is O=C(C=CN1CCC(O)(C(O)CN2CCC(c3c[nH]c4ccc(N5CCOCC5)cc34)CC2)CC1)c1cc(C(F)(F)F)cc(C(F)(F)F)c1. The van der Waals surface area contributed by atoms with E-state index in [0.29, 0.717) is 24.6 Å². The first-order valence-corrected chi connectivity index (χ1v) is 16.5. The van der Waals surface area contributed by atoms with Gasteiger partial charge in [0.1, 0.15) is 0 Å². The molecule has 14 heteroatoms. The number of aromatic amines is 1. The number of alkyl halides is 6. The minimum atomic E-state index is -5.06. The summed E-state index contributed by atoms with van der Waals surface area (Å²) in [6, 6.07) is 7.30. The van der Waals surface area contributed by atoms with Crippen LogP contribution in [0.25, 0.3) is 10.9 Å². The van der Waals surface area contributed by atoms with E-state index < -0.39 is 46.5 Å². The number of carbonyl (C=O) groups is 1. The van der Waals surface area contributed by atoms with E-state index in [4.69, 9.17) is 4.74 Å². The topological polar surface area (TPSA) is 92.3 Å². The Morgan fingerprint density at radius 1 is 0.939 bits per heavy atom. The summed E-state index contributed by atoms with van der Waals surface area (Å²) in [5.41, 5.74) is -1.64. The minimum absolute atomic E-state index is 0.0225. The molecule has 0 saturated carbocycles. The number of ketones is 1. The predicted molar refractivity (Wildman–Crippen MR) is 171 cm³/mol. The molecule has 3 N–H and O–H groups in total. The van der Waals surface area contributed by atoms with E-state index in [1.165, 1.54) is 22.8 Å². The van der Waals surface area contributed by atoms with Gasteiger partial charge in [0.2, 0.25) is 0 Å². The highest BCUT2D eigenvalue weighted by molar-refractivity contribution is 6.04. The van der Waals surface area contributed by atoms with Gasteiger partial charge >= 0.3 is 12.4 Å². The maximum Gasteiger partial charge on any atom is 0.416 e. The number of H-pyrrole nitrogens is 1. The van der Waals surface area contributed by atoms with Crippen molar-refractivity contribution < 1.29 is 46.1 Å². The molecule has 1 unspecified atom stereocenters. The van der Waals surface area contributed by atoms with Crippen molar-refractivity contribution >= 4 is 22.4 Å². The average molecular weight is 695 g/mol. The van der Waals surface area contributed by atoms with E-state index in [-0.39, 0.29) is 32.0 Å². The number of allylic oxidation sites excluding steroid dienone is 1. The number of aliphatic hydroxyl groups excluding tert-OH is 1. The summed E-state index contributed by atoms with van der Waals surface area (Å²) in [6.45, 7) is 5.47. The van der Waals surface area contributed by atoms with Crippen LogP contribution in [0.15, 0.2) is 54.9 Å². The van der Waals surface area contributed by atoms with Gasteiger partial charge in [-0.2, -0.15) is 26.3 Å². The lowest BCUT2D eigenvalue weighted by Gasteiger charge is -2.43. The third-order valence-corrected chi connectivity index (χ3v) is 10.1. The summed E-state index contributed by atoms with van der Waals surface area (Å²) in [5, 5.41) is 23.6. The number of fused-ring (bicyclic) bond motifs is 1. The highest BCUT2D eigenvalue weighted by atomic mass is 19.4. The van der Waals surface area contributed by atoms with Crippen molar-refractivity contribution in [2.45, 2.75) is 55.7 Å². The lowest BCUT2D eigenvalue weighted by atomic mass is 9.84. The molecule has 0 spiro atoms. The van der Waals surface area contributed by atoms with Crippen LogP contribution in [0.5, 0.6) is 0 Å². The van der Waals surface area contributed by atoms with Gasteiger partial charge in [0.25, 0.3) is 0 Å². The Morgan fingerprint density at radius 2 is 1.57 bits per heavy atom. The molecule has 3 saturated heterocycles. The quantitative estimate of drug-likeness (QED) is 0.156. The van der Waals surface area contributed by atoms with Crippen molar-refractivity contribution in [2.24, 2.45) is 0 Å². The average Bonchev–Trinajstić information content (AvgIpc) is 3.51. The van der Waals surface area contributed by atoms with Gasteiger partial charge in [-0.3, -0.25) is 4.79 Å². The molecule has 1 aromatic heterocycles. The van der Waals surface area contributed by atoms with Crippen LogP contribution in [0.4, 0.5) is 32.0 Å². The van der Waals surface area contributed by atoms with E-state index in [1.807, 2.05) is 0 Å². The normalized spacial score (nSPS) is 20.7. The van der Waals surface area contributed by atoms with Crippen LogP contribution in [0.2, 0.25) is 0 Å². The molecule has 8 nitrogen and oxygen atoms in total. The summed E-state index contributed by atoms with van der Waals surface area (Å²) < 4.78 is 84.7. The summed E-state index contributed by atoms with van der Waals surface area (Å²) in [4.78, 5) is 22.1. The Bertz CT molecular complexity index is 1620. The number of rotatable bonds is 8. The number of hydrogen-bond donors (Lipinski definition) is 3. The molecule has 0 radical (unpaired) electrons. The first kappa shape index (κ1) is 35.2. The number of piperidine rings is 2. The van der Waals surface area contributed by atoms with Gasteiger partial charge in [0, 0.05) is 73.4 Å². The zero-order chi connectivity index (χ0) is 35.0. The Kier molecular flexibility index (Phi) is 10.0. The second-order valence-electron chi connectivity index (χ2n) is 13.3. The molecule has 0 amide bonds. The Hall–Kier alpha value is -3.59. The molecule has 266 valence electrons. The van der Waals surface area contributed by atoms with Crippen molar-refractivity contribution in [1.29, 1.82) is 0 Å². The van der Waals surface area contributed by atoms with E-state index in [9.17, 15) is 41.4 Å². The lowest BCUT2D eigenvalue weighted by molar-refractivity contribution is -0.143. The monoisotopic (exact) mass is 694 g/mol. The molecule has 4 heterocycles. The van der Waals surface area contributed by atoms with Crippen LogP contribution in [0, 0.1) is 0 Å². The van der Waals surface area contributed by atoms with Gasteiger partial charge in [-0.15, -0.1) is 0 Å². The molecule has 0 bridgehead atoms. The highest BCUT2D eigenvalue weighted by Crippen LogP contribution is 2.38. The third-order valence-electron chi connectivity index (χ3n) is 10.1. The largest absolute Gasteiger partial charge is 0.416 e. The summed E-state index contributed by atoms with van der Waals surface area (Å²) in [5.74, 6) is -0.648. The van der Waals surface area contributed by atoms with Crippen molar-refractivity contribution in [1.82, 2.24) is 14.8 Å². The fourth-order valence-electron chi connectivity index (χ4n) is 7.09. The van der Waals surface area contributed by atoms with Crippen LogP contribution in [-0.4, -0.2) is 102 Å². The number of β-amino-alcohol motifs (C(OH)–C–C–N with tert-alkyl or cyclic N) is 1. The van der Waals surface area contributed by atoms with Gasteiger partial charge in [-0.25, -0.2) is 0 Å². The molecule has 3 aliphatic heterocycles. The predicted octanol–water partition coefficient (Wildman–Crippen LogP) is 5.81. The van der Waals surface area contributed by atoms with Crippen molar-refractivity contribution in [3.63, 3.8) is 0 Å². The molecule has 3 aromatic rings. The molecule has 3 aliphatic rings. The summed E-state index contributed by atoms with van der Waals surface area (Å²) in [7, 11) is 0. The fraction of sp³-hybridized carbons (Fsp3) is 0.514. The van der Waals surface area contributed by atoms with Crippen LogP contribution < -0.4 is 4.90 Å². The summed E-state index contributed by atoms with van der Waals surface area (Å²) >= 11 is 0. The second-order valence-corrected chi connectivity index (χ2v) is 13.3. The second kappa shape index (κ2) is 14.0. The number of likely N-dealkylation sites (tertiary alicyclic amines) is 2. The number of nitrogens with one attached hydrogen (secondary N) is 1. The number of benzene rings is 2. The minimum Gasteiger partial charge on any atom is -0.389 e. The highest BCUT2D eigenvalue weighted by Gasteiger charge is 2.40. The lowest BCUT2D eigenvalue weighted by Crippen LogP contribution is -2.54. The van der Waals surface area contributed by atoms with Crippen LogP contribution in [-0.2, 0) is 17.1 Å². The number of ether oxygens (including phenoxy) is 1. The molecular weight excluding hydrogens is 654 g/mol. The first-order valence-electron chi connectivity index (χ1n) is 16.5. The van der Waals surface area contributed by atoms with Gasteiger partial charge in [0.15, 0.2) is 5.78 Å². The van der Waals surface area contributed by atoms with Gasteiger partial charge in [0.05, 0.1) is 36.0 Å². The Labute approximate surface area is 279 Å². The third kappa shape index (κ3) is 8.08. The van der Waals surface area contributed by atoms with E-state index in [1.54, 1.807) is 4.90 Å². The van der Waals surface area contributed by atoms with Gasteiger partial charge in [-0.1, -0.05) is 0 Å². The van der Waals surface area contributed by atoms with E-state index in [0.717, 1.165) is 63.8 Å². The molecular formula is C35H40F6N4O4. The number of nitrogens with zero attached hydrogens (tertiary/aromatic N) is 3. The van der Waals surface area contributed by atoms with Gasteiger partial charge in [-0.05, 0) is 86.7 Å². The van der Waals surface area contributed by atoms with E-state index >= 15 is 0 Å². The Balaban J connectivity index is 1.01. The summed E-state index contributed by atoms with van der Waals surface area (Å²) in [6.07, 6.45) is -4.65. The fourth-order valence-corrected chi connectivity index (χ4v) is 7.09. The Morgan fingerprint density at radius 3 is 2.18 bits per heavy atom. The number of morpholine rings is 1. The van der Waals surface area contributed by atoms with Crippen molar-refractivity contribution in [3.8, 4) is 0 Å². The zero-order valence-electron chi connectivity index (χ0n) is 26.9. The molecule has 2 aromatic carbocycles. The van der Waals surface area contributed by atoms with Crippen LogP contribution >= 0.6 is 0 Å². The van der Waals surface area contributed by atoms with Gasteiger partial charge < -0.3 is 34.6 Å². The molecule has 1 atom stereocenters. The van der Waals surface area contributed by atoms with Crippen molar-refractivity contribution in [3.05, 3.63) is 77.1 Å². The maximum atomic E-state index is 13.2. The number of aliphatic hydroxyl groups is 2. The smallest absolute Gasteiger partial charge is 0.389 e. The first-order chi connectivity index (χ1) is 23.2. The number of halogens is 6. The number of aromatic nitrogens is 1. The molecule has 0 aliphatic carbocycles. The number of hydrogen-bond acceptors (Lipinski definition) is 7. The standard InChI is InChI=1S/C35H40F6N4O4/c36-34(37,38)25-17-24(18-26(19-25)35(39,40)41)31(46)5-10-43-11-6-33(48,7-12-43)32(47)22-44-8-3-23(4-9-44)29-21-42-30-2-1-27(20-28(29)30)45-13-15-49-16-14-45/h1-2,5,10,17-21,23,32,42,47-48H,3-4,6-9,11-16,22H2. The molecule has 6 rings (SSSR count). The van der Waals surface area contributed by atoms with Crippen molar-refractivity contribution in [2.75, 3.05) is 63.9 Å². The van der Waals surface area contributed by atoms with Crippen LogP contribution in [0.3, 0.4) is 0 Å². The molecule has 3 fully saturated rings. The zero-order valence-corrected chi connectivity index (χ0v) is 26.9. The number of anilines is 1. The van der Waals surface area contributed by atoms with Crippen LogP contribution in [0.1, 0.15) is 58.6 Å².